The SMILES string of the molecule is COc1ccc2ccccc2c1C1c2ccccc2CC([Si](c2ccccc2)(c2ccccc2)c2ccccc2)N1C. The molecule has 0 aliphatic carbocycles. The topological polar surface area (TPSA) is 12.5 Å². The predicted molar refractivity (Wildman–Crippen MR) is 178 cm³/mol. The van der Waals surface area contributed by atoms with E-state index in [0.29, 0.717) is 0 Å². The fraction of sp³-hybridized carbons (Fsp3) is 0.128. The first-order valence-corrected chi connectivity index (χ1v) is 16.8. The van der Waals surface area contributed by atoms with Crippen molar-refractivity contribution in [3.05, 3.63) is 168 Å². The van der Waals surface area contributed by atoms with E-state index in [2.05, 4.69) is 164 Å². The lowest BCUT2D eigenvalue weighted by molar-refractivity contribution is 0.227. The van der Waals surface area contributed by atoms with E-state index >= 15 is 0 Å². The first kappa shape index (κ1) is 26.5. The third kappa shape index (κ3) is 4.20. The van der Waals surface area contributed by atoms with Gasteiger partial charge in [0, 0.05) is 11.2 Å². The molecule has 0 amide bonds. The minimum Gasteiger partial charge on any atom is -0.496 e. The molecule has 206 valence electrons. The van der Waals surface area contributed by atoms with Gasteiger partial charge in [0.25, 0.3) is 0 Å². The Kier molecular flexibility index (Phi) is 6.99. The van der Waals surface area contributed by atoms with Gasteiger partial charge in [-0.15, -0.1) is 0 Å². The fourth-order valence-corrected chi connectivity index (χ4v) is 13.1. The Labute approximate surface area is 249 Å². The molecule has 1 aliphatic rings. The van der Waals surface area contributed by atoms with Crippen LogP contribution in [0.15, 0.2) is 152 Å². The van der Waals surface area contributed by atoms with Crippen LogP contribution in [0.25, 0.3) is 10.8 Å². The van der Waals surface area contributed by atoms with Gasteiger partial charge in [-0.3, -0.25) is 4.90 Å². The summed E-state index contributed by atoms with van der Waals surface area (Å²) in [6.45, 7) is 0. The van der Waals surface area contributed by atoms with Gasteiger partial charge in [0.05, 0.1) is 13.2 Å². The molecule has 0 radical (unpaired) electrons. The van der Waals surface area contributed by atoms with Crippen LogP contribution >= 0.6 is 0 Å². The van der Waals surface area contributed by atoms with E-state index in [1.165, 1.54) is 43.0 Å². The highest BCUT2D eigenvalue weighted by molar-refractivity contribution is 7.12. The third-order valence-electron chi connectivity index (χ3n) is 9.27. The molecule has 2 unspecified atom stereocenters. The van der Waals surface area contributed by atoms with Crippen molar-refractivity contribution >= 4 is 34.4 Å². The molecule has 2 atom stereocenters. The first-order chi connectivity index (χ1) is 20.7. The van der Waals surface area contributed by atoms with Gasteiger partial charge in [-0.2, -0.15) is 0 Å². The highest BCUT2D eigenvalue weighted by atomic mass is 28.3. The monoisotopic (exact) mass is 561 g/mol. The van der Waals surface area contributed by atoms with Crippen LogP contribution in [0, 0.1) is 0 Å². The van der Waals surface area contributed by atoms with E-state index < -0.39 is 8.07 Å². The van der Waals surface area contributed by atoms with Crippen LogP contribution in [0.1, 0.15) is 22.7 Å². The summed E-state index contributed by atoms with van der Waals surface area (Å²) in [5, 5.41) is 6.78. The summed E-state index contributed by atoms with van der Waals surface area (Å²) in [6, 6.07) is 56.1. The molecule has 6 aromatic rings. The summed E-state index contributed by atoms with van der Waals surface area (Å²) in [5.41, 5.74) is 4.27. The van der Waals surface area contributed by atoms with Gasteiger partial charge in [-0.25, -0.2) is 0 Å². The maximum atomic E-state index is 6.13. The van der Waals surface area contributed by atoms with Gasteiger partial charge in [0.15, 0.2) is 8.07 Å². The normalized spacial score (nSPS) is 17.1. The molecule has 0 N–H and O–H groups in total. The summed E-state index contributed by atoms with van der Waals surface area (Å²) >= 11 is 0. The maximum Gasteiger partial charge on any atom is 0.165 e. The lowest BCUT2D eigenvalue weighted by Crippen LogP contribution is -2.78. The molecule has 2 nitrogen and oxygen atoms in total. The molecule has 0 bridgehead atoms. The van der Waals surface area contributed by atoms with E-state index in [1.54, 1.807) is 7.11 Å². The summed E-state index contributed by atoms with van der Waals surface area (Å²) in [7, 11) is 1.51. The molecule has 3 heteroatoms. The number of rotatable bonds is 6. The predicted octanol–water partition coefficient (Wildman–Crippen LogP) is 6.50. The van der Waals surface area contributed by atoms with Crippen molar-refractivity contribution in [1.82, 2.24) is 4.90 Å². The van der Waals surface area contributed by atoms with Crippen molar-refractivity contribution in [3.8, 4) is 5.75 Å². The molecule has 1 aliphatic heterocycles. The van der Waals surface area contributed by atoms with E-state index in [4.69, 9.17) is 4.74 Å². The van der Waals surface area contributed by atoms with E-state index in [1.807, 2.05) is 0 Å². The van der Waals surface area contributed by atoms with Crippen molar-refractivity contribution in [3.63, 3.8) is 0 Å². The summed E-state index contributed by atoms with van der Waals surface area (Å²) < 4.78 is 6.13. The second kappa shape index (κ2) is 11.1. The average molecular weight is 562 g/mol. The fourth-order valence-electron chi connectivity index (χ4n) is 7.47. The van der Waals surface area contributed by atoms with Gasteiger partial charge in [-0.05, 0) is 57.0 Å². The molecular formula is C39H35NOSi. The number of likely N-dealkylation sites (N-methyl/N-ethyl adjacent to an activating group) is 1. The Morgan fingerprint density at radius 2 is 1.12 bits per heavy atom. The van der Waals surface area contributed by atoms with Gasteiger partial charge >= 0.3 is 0 Å². The second-order valence-electron chi connectivity index (χ2n) is 11.3. The third-order valence-corrected chi connectivity index (χ3v) is 14.6. The van der Waals surface area contributed by atoms with E-state index in [0.717, 1.165) is 12.2 Å². The molecule has 0 saturated carbocycles. The lowest BCUT2D eigenvalue weighted by Gasteiger charge is -2.51. The number of hydrogen-bond acceptors (Lipinski definition) is 2. The highest BCUT2D eigenvalue weighted by Crippen LogP contribution is 2.45. The standard InChI is InChI=1S/C39H35NOSi/c1-40-37(42(31-18-6-3-7-19-31,32-20-8-4-9-21-32)33-22-10-5-11-23-33)28-30-17-13-15-25-35(30)39(40)38-34-24-14-12-16-29(34)26-27-36(38)41-2/h3-27,37,39H,28H2,1-2H3. The molecule has 0 aromatic heterocycles. The smallest absolute Gasteiger partial charge is 0.165 e. The van der Waals surface area contributed by atoms with Crippen molar-refractivity contribution in [2.75, 3.05) is 14.2 Å². The minimum atomic E-state index is -2.64. The number of nitrogens with zero attached hydrogens (tertiary/aromatic N) is 1. The zero-order valence-corrected chi connectivity index (χ0v) is 25.2. The van der Waals surface area contributed by atoms with Crippen LogP contribution in [0.4, 0.5) is 0 Å². The van der Waals surface area contributed by atoms with Crippen molar-refractivity contribution in [1.29, 1.82) is 0 Å². The number of ether oxygens (including phenoxy) is 1. The van der Waals surface area contributed by atoms with E-state index in [9.17, 15) is 0 Å². The second-order valence-corrected chi connectivity index (χ2v) is 15.3. The number of fused-ring (bicyclic) bond motifs is 2. The Bertz CT molecular complexity index is 1720. The Morgan fingerprint density at radius 3 is 1.71 bits per heavy atom. The number of benzene rings is 6. The van der Waals surface area contributed by atoms with Crippen LogP contribution in [0.5, 0.6) is 5.75 Å². The molecule has 7 rings (SSSR count). The maximum absolute atomic E-state index is 6.13. The van der Waals surface area contributed by atoms with Crippen LogP contribution < -0.4 is 20.3 Å². The molecule has 0 saturated heterocycles. The van der Waals surface area contributed by atoms with Crippen LogP contribution in [-0.2, 0) is 6.42 Å². The molecule has 6 aromatic carbocycles. The number of methoxy groups -OCH3 is 1. The van der Waals surface area contributed by atoms with Gasteiger partial charge < -0.3 is 4.74 Å². The molecule has 0 fully saturated rings. The number of hydrogen-bond donors (Lipinski definition) is 0. The van der Waals surface area contributed by atoms with E-state index in [-0.39, 0.29) is 11.7 Å². The summed E-state index contributed by atoms with van der Waals surface area (Å²) in [5.74, 6) is 0.937. The van der Waals surface area contributed by atoms with Gasteiger partial charge in [-0.1, -0.05) is 146 Å². The van der Waals surface area contributed by atoms with Gasteiger partial charge in [0.2, 0.25) is 0 Å². The zero-order chi connectivity index (χ0) is 28.5. The Balaban J connectivity index is 1.56. The molecule has 42 heavy (non-hydrogen) atoms. The quantitative estimate of drug-likeness (QED) is 0.170. The van der Waals surface area contributed by atoms with Gasteiger partial charge in [0.1, 0.15) is 5.75 Å². The van der Waals surface area contributed by atoms with Crippen LogP contribution in [0.3, 0.4) is 0 Å². The van der Waals surface area contributed by atoms with Crippen molar-refractivity contribution in [2.45, 2.75) is 18.1 Å². The first-order valence-electron chi connectivity index (χ1n) is 14.8. The van der Waals surface area contributed by atoms with Crippen molar-refractivity contribution < 1.29 is 4.74 Å². The van der Waals surface area contributed by atoms with Crippen LogP contribution in [0.2, 0.25) is 0 Å². The largest absolute Gasteiger partial charge is 0.496 e. The summed E-state index contributed by atoms with van der Waals surface area (Å²) in [6.07, 6.45) is 0.973. The lowest BCUT2D eigenvalue weighted by atomic mass is 9.85. The molecule has 1 heterocycles. The Hall–Kier alpha value is -4.44. The summed E-state index contributed by atoms with van der Waals surface area (Å²) in [4.78, 5) is 2.69. The highest BCUT2D eigenvalue weighted by Gasteiger charge is 2.51. The van der Waals surface area contributed by atoms with Crippen LogP contribution in [-0.4, -0.2) is 32.8 Å². The average Bonchev–Trinajstić information content (AvgIpc) is 3.06. The zero-order valence-electron chi connectivity index (χ0n) is 24.2. The minimum absolute atomic E-state index is 0.0315. The molecule has 0 spiro atoms. The van der Waals surface area contributed by atoms with Crippen molar-refractivity contribution in [2.24, 2.45) is 0 Å². The molecular weight excluding hydrogens is 527 g/mol. The Morgan fingerprint density at radius 1 is 0.595 bits per heavy atom.